The molecule has 19 heavy (non-hydrogen) atoms. The highest BCUT2D eigenvalue weighted by Gasteiger charge is 2.34. The first-order valence-corrected chi connectivity index (χ1v) is 7.18. The second-order valence-corrected chi connectivity index (χ2v) is 5.25. The molecule has 1 saturated carbocycles. The standard InChI is InChI=1S/C18H25N/c1-6-9-16(7-2)13-19-15(5)14(4)10-11-18-12-17(18)8-3/h1,9,13,17-18H,4-5,7-8,10-12H2,2-3H3/b16-9-,19-13?. The Labute approximate surface area is 118 Å². The molecule has 1 heteroatoms. The monoisotopic (exact) mass is 255 g/mol. The first kappa shape index (κ1) is 15.5. The molecular formula is C18H25N. The summed E-state index contributed by atoms with van der Waals surface area (Å²) in [5, 5.41) is 0. The third kappa shape index (κ3) is 5.30. The average Bonchev–Trinajstić information content (AvgIpc) is 3.19. The summed E-state index contributed by atoms with van der Waals surface area (Å²) < 4.78 is 0. The zero-order chi connectivity index (χ0) is 14.3. The molecule has 0 amide bonds. The van der Waals surface area contributed by atoms with Gasteiger partial charge in [-0.15, -0.1) is 6.42 Å². The number of terminal acetylenes is 1. The minimum atomic E-state index is 0.782. The van der Waals surface area contributed by atoms with Gasteiger partial charge < -0.3 is 0 Å². The maximum atomic E-state index is 5.26. The molecule has 2 atom stereocenters. The molecule has 0 aromatic rings. The van der Waals surface area contributed by atoms with E-state index in [-0.39, 0.29) is 0 Å². The van der Waals surface area contributed by atoms with Gasteiger partial charge in [0.25, 0.3) is 0 Å². The Morgan fingerprint density at radius 2 is 2.11 bits per heavy atom. The molecule has 0 aliphatic heterocycles. The van der Waals surface area contributed by atoms with Gasteiger partial charge in [0.15, 0.2) is 0 Å². The fourth-order valence-corrected chi connectivity index (χ4v) is 2.26. The van der Waals surface area contributed by atoms with Crippen LogP contribution in [0.2, 0.25) is 0 Å². The van der Waals surface area contributed by atoms with Crippen LogP contribution in [0.15, 0.2) is 41.1 Å². The van der Waals surface area contributed by atoms with Crippen LogP contribution in [0, 0.1) is 24.2 Å². The molecule has 1 nitrogen and oxygen atoms in total. The van der Waals surface area contributed by atoms with E-state index in [0.29, 0.717) is 0 Å². The van der Waals surface area contributed by atoms with Gasteiger partial charge in [-0.2, -0.15) is 0 Å². The van der Waals surface area contributed by atoms with E-state index in [9.17, 15) is 0 Å². The summed E-state index contributed by atoms with van der Waals surface area (Å²) in [5.74, 6) is 4.39. The molecule has 0 heterocycles. The number of nitrogens with zero attached hydrogens (tertiary/aromatic N) is 1. The lowest BCUT2D eigenvalue weighted by atomic mass is 10.1. The van der Waals surface area contributed by atoms with E-state index in [4.69, 9.17) is 6.42 Å². The normalized spacial score (nSPS) is 22.3. The lowest BCUT2D eigenvalue weighted by Gasteiger charge is -2.05. The Morgan fingerprint density at radius 3 is 2.63 bits per heavy atom. The summed E-state index contributed by atoms with van der Waals surface area (Å²) in [6, 6.07) is 0. The van der Waals surface area contributed by atoms with Crippen LogP contribution in [0.4, 0.5) is 0 Å². The Kier molecular flexibility index (Phi) is 6.36. The molecule has 1 aliphatic rings. The number of aliphatic imine (C=N–C) groups is 1. The van der Waals surface area contributed by atoms with E-state index >= 15 is 0 Å². The molecule has 0 radical (unpaired) electrons. The second kappa shape index (κ2) is 7.79. The molecular weight excluding hydrogens is 230 g/mol. The molecule has 0 aromatic carbocycles. The smallest absolute Gasteiger partial charge is 0.0584 e. The average molecular weight is 255 g/mol. The molecule has 0 bridgehead atoms. The molecule has 2 unspecified atom stereocenters. The van der Waals surface area contributed by atoms with Crippen molar-refractivity contribution < 1.29 is 0 Å². The largest absolute Gasteiger partial charge is 0.257 e. The predicted molar refractivity (Wildman–Crippen MR) is 85.1 cm³/mol. The van der Waals surface area contributed by atoms with Crippen molar-refractivity contribution in [1.82, 2.24) is 0 Å². The highest BCUT2D eigenvalue weighted by Crippen LogP contribution is 2.44. The van der Waals surface area contributed by atoms with E-state index in [2.05, 4.69) is 37.9 Å². The van der Waals surface area contributed by atoms with E-state index in [1.165, 1.54) is 19.3 Å². The van der Waals surface area contributed by atoms with E-state index in [0.717, 1.165) is 41.5 Å². The highest BCUT2D eigenvalue weighted by molar-refractivity contribution is 5.80. The van der Waals surface area contributed by atoms with Crippen molar-refractivity contribution in [3.8, 4) is 12.3 Å². The van der Waals surface area contributed by atoms with Crippen LogP contribution >= 0.6 is 0 Å². The fraction of sp³-hybridized carbons (Fsp3) is 0.500. The summed E-state index contributed by atoms with van der Waals surface area (Å²) in [6.07, 6.45) is 14.6. The Morgan fingerprint density at radius 1 is 1.37 bits per heavy atom. The van der Waals surface area contributed by atoms with Gasteiger partial charge in [-0.3, -0.25) is 4.99 Å². The van der Waals surface area contributed by atoms with Gasteiger partial charge in [0.1, 0.15) is 0 Å². The topological polar surface area (TPSA) is 12.4 Å². The van der Waals surface area contributed by atoms with Crippen molar-refractivity contribution >= 4 is 6.21 Å². The van der Waals surface area contributed by atoms with E-state index < -0.39 is 0 Å². The van der Waals surface area contributed by atoms with Crippen LogP contribution < -0.4 is 0 Å². The first-order chi connectivity index (χ1) is 9.12. The SMILES string of the molecule is C#C/C=C(\C=NC(=C)C(=C)CCC1CC1CC)CC. The van der Waals surface area contributed by atoms with Gasteiger partial charge in [0, 0.05) is 6.21 Å². The lowest BCUT2D eigenvalue weighted by molar-refractivity contribution is 0.631. The maximum Gasteiger partial charge on any atom is 0.0584 e. The first-order valence-electron chi connectivity index (χ1n) is 7.18. The summed E-state index contributed by atoms with van der Waals surface area (Å²) in [6.45, 7) is 12.4. The molecule has 0 saturated heterocycles. The van der Waals surface area contributed by atoms with E-state index in [1.54, 1.807) is 12.3 Å². The van der Waals surface area contributed by atoms with Crippen LogP contribution in [0.1, 0.15) is 46.0 Å². The highest BCUT2D eigenvalue weighted by atomic mass is 14.7. The third-order valence-corrected chi connectivity index (χ3v) is 3.88. The Bertz CT molecular complexity index is 431. The molecule has 0 aromatic heterocycles. The van der Waals surface area contributed by atoms with Gasteiger partial charge in [0.2, 0.25) is 0 Å². The van der Waals surface area contributed by atoms with Gasteiger partial charge in [-0.1, -0.05) is 39.3 Å². The number of hydrogen-bond acceptors (Lipinski definition) is 1. The minimum absolute atomic E-state index is 0.782. The summed E-state index contributed by atoms with van der Waals surface area (Å²) in [5.41, 5.74) is 2.88. The van der Waals surface area contributed by atoms with Crippen LogP contribution in [0.5, 0.6) is 0 Å². The fourth-order valence-electron chi connectivity index (χ4n) is 2.26. The molecule has 0 spiro atoms. The molecule has 0 N–H and O–H groups in total. The third-order valence-electron chi connectivity index (χ3n) is 3.88. The number of hydrogen-bond donors (Lipinski definition) is 0. The Balaban J connectivity index is 2.36. The zero-order valence-corrected chi connectivity index (χ0v) is 12.3. The van der Waals surface area contributed by atoms with Crippen molar-refractivity contribution in [1.29, 1.82) is 0 Å². The maximum absolute atomic E-state index is 5.26. The molecule has 102 valence electrons. The van der Waals surface area contributed by atoms with Gasteiger partial charge in [0.05, 0.1) is 5.70 Å². The van der Waals surface area contributed by atoms with Gasteiger partial charge >= 0.3 is 0 Å². The Hall–Kier alpha value is -1.55. The summed E-state index contributed by atoms with van der Waals surface area (Å²) >= 11 is 0. The van der Waals surface area contributed by atoms with Gasteiger partial charge in [-0.25, -0.2) is 0 Å². The minimum Gasteiger partial charge on any atom is -0.257 e. The molecule has 1 rings (SSSR count). The van der Waals surface area contributed by atoms with Crippen molar-refractivity contribution in [2.75, 3.05) is 0 Å². The molecule has 1 fully saturated rings. The molecule has 1 aliphatic carbocycles. The van der Waals surface area contributed by atoms with Crippen molar-refractivity contribution in [2.24, 2.45) is 16.8 Å². The number of rotatable bonds is 8. The zero-order valence-electron chi connectivity index (χ0n) is 12.3. The van der Waals surface area contributed by atoms with Crippen LogP contribution in [-0.4, -0.2) is 6.21 Å². The predicted octanol–water partition coefficient (Wildman–Crippen LogP) is 4.92. The van der Waals surface area contributed by atoms with Crippen LogP contribution in [-0.2, 0) is 0 Å². The second-order valence-electron chi connectivity index (χ2n) is 5.25. The summed E-state index contributed by atoms with van der Waals surface area (Å²) in [7, 11) is 0. The van der Waals surface area contributed by atoms with Crippen molar-refractivity contribution in [2.45, 2.75) is 46.0 Å². The summed E-state index contributed by atoms with van der Waals surface area (Å²) in [4.78, 5) is 4.37. The van der Waals surface area contributed by atoms with Gasteiger partial charge in [-0.05, 0) is 54.7 Å². The lowest BCUT2D eigenvalue weighted by Crippen LogP contribution is -1.90. The van der Waals surface area contributed by atoms with Crippen molar-refractivity contribution in [3.63, 3.8) is 0 Å². The van der Waals surface area contributed by atoms with Crippen LogP contribution in [0.3, 0.4) is 0 Å². The van der Waals surface area contributed by atoms with E-state index in [1.807, 2.05) is 0 Å². The van der Waals surface area contributed by atoms with Crippen molar-refractivity contribution in [3.05, 3.63) is 36.1 Å². The quantitative estimate of drug-likeness (QED) is 0.331. The number of allylic oxidation sites excluding steroid dienone is 3. The van der Waals surface area contributed by atoms with Crippen LogP contribution in [0.25, 0.3) is 0 Å².